The smallest absolute Gasteiger partial charge is 0.138 e. The van der Waals surface area contributed by atoms with Gasteiger partial charge in [0.05, 0.1) is 18.4 Å². The highest BCUT2D eigenvalue weighted by molar-refractivity contribution is 5.21. The van der Waals surface area contributed by atoms with Crippen LogP contribution in [0.5, 0.6) is 0 Å². The summed E-state index contributed by atoms with van der Waals surface area (Å²) in [4.78, 5) is 2.54. The zero-order valence-electron chi connectivity index (χ0n) is 11.8. The summed E-state index contributed by atoms with van der Waals surface area (Å²) in [6.07, 6.45) is 4.77. The molecule has 2 aliphatic rings. The first-order valence-electron chi connectivity index (χ1n) is 7.09. The van der Waals surface area contributed by atoms with Crippen LogP contribution in [-0.2, 0) is 11.3 Å². The molecule has 0 amide bonds. The number of aryl methyl sites for hydroxylation is 2. The largest absolute Gasteiger partial charge is 0.372 e. The summed E-state index contributed by atoms with van der Waals surface area (Å²) in [5.74, 6) is 1.63. The van der Waals surface area contributed by atoms with Crippen molar-refractivity contribution in [2.75, 3.05) is 13.2 Å². The van der Waals surface area contributed by atoms with E-state index in [0.717, 1.165) is 24.5 Å². The molecular formula is C15H22N2O2. The van der Waals surface area contributed by atoms with E-state index >= 15 is 0 Å². The molecule has 1 aliphatic heterocycles. The number of hydrogen-bond donors (Lipinski definition) is 0. The van der Waals surface area contributed by atoms with Gasteiger partial charge in [-0.25, -0.2) is 0 Å². The number of aromatic nitrogens is 1. The van der Waals surface area contributed by atoms with Crippen molar-refractivity contribution in [1.29, 1.82) is 0 Å². The molecule has 0 N–H and O–H groups in total. The Morgan fingerprint density at radius 3 is 3.00 bits per heavy atom. The second kappa shape index (κ2) is 5.10. The number of rotatable bonds is 5. The summed E-state index contributed by atoms with van der Waals surface area (Å²) >= 11 is 0. The summed E-state index contributed by atoms with van der Waals surface area (Å²) in [5, 5.41) is 4.04. The van der Waals surface area contributed by atoms with Gasteiger partial charge in [-0.1, -0.05) is 11.2 Å². The van der Waals surface area contributed by atoms with Crippen molar-refractivity contribution < 1.29 is 9.26 Å². The third-order valence-electron chi connectivity index (χ3n) is 4.56. The highest BCUT2D eigenvalue weighted by Gasteiger charge is 2.47. The van der Waals surface area contributed by atoms with Gasteiger partial charge in [0.15, 0.2) is 0 Å². The quantitative estimate of drug-likeness (QED) is 0.764. The van der Waals surface area contributed by atoms with E-state index in [1.807, 2.05) is 19.9 Å². The van der Waals surface area contributed by atoms with Crippen LogP contribution < -0.4 is 0 Å². The molecule has 4 heteroatoms. The molecule has 1 aromatic rings. The summed E-state index contributed by atoms with van der Waals surface area (Å²) in [6, 6.07) is 0.554. The van der Waals surface area contributed by atoms with Crippen LogP contribution in [0.3, 0.4) is 0 Å². The maximum atomic E-state index is 5.95. The molecule has 104 valence electrons. The minimum absolute atomic E-state index is 0.387. The number of fused-ring (bicyclic) bond motifs is 2. The van der Waals surface area contributed by atoms with Gasteiger partial charge in [0.2, 0.25) is 0 Å². The van der Waals surface area contributed by atoms with E-state index in [0.29, 0.717) is 24.7 Å². The molecule has 0 spiro atoms. The summed E-state index contributed by atoms with van der Waals surface area (Å²) in [7, 11) is 0. The van der Waals surface area contributed by atoms with Gasteiger partial charge in [-0.05, 0) is 32.6 Å². The Bertz CT molecular complexity index is 449. The van der Waals surface area contributed by atoms with Crippen molar-refractivity contribution in [3.63, 3.8) is 0 Å². The molecule has 4 nitrogen and oxygen atoms in total. The summed E-state index contributed by atoms with van der Waals surface area (Å²) in [5.41, 5.74) is 2.26. The average Bonchev–Trinajstić information content (AvgIpc) is 3.04. The minimum atomic E-state index is 0.387. The molecule has 3 atom stereocenters. The number of hydrogen-bond acceptors (Lipinski definition) is 4. The van der Waals surface area contributed by atoms with Crippen LogP contribution in [0, 0.1) is 19.8 Å². The number of nitrogens with zero attached hydrogens (tertiary/aromatic N) is 2. The maximum Gasteiger partial charge on any atom is 0.138 e. The monoisotopic (exact) mass is 262 g/mol. The lowest BCUT2D eigenvalue weighted by atomic mass is 10.1. The van der Waals surface area contributed by atoms with E-state index < -0.39 is 0 Å². The van der Waals surface area contributed by atoms with Gasteiger partial charge in [0.1, 0.15) is 5.76 Å². The molecule has 2 fully saturated rings. The molecule has 2 heterocycles. The lowest BCUT2D eigenvalue weighted by molar-refractivity contribution is 0.0445. The van der Waals surface area contributed by atoms with Crippen LogP contribution in [-0.4, -0.2) is 35.4 Å². The van der Waals surface area contributed by atoms with Crippen molar-refractivity contribution in [2.24, 2.45) is 5.92 Å². The zero-order chi connectivity index (χ0) is 13.4. The molecule has 1 aliphatic carbocycles. The van der Waals surface area contributed by atoms with Gasteiger partial charge >= 0.3 is 0 Å². The molecule has 0 radical (unpaired) electrons. The van der Waals surface area contributed by atoms with Crippen molar-refractivity contribution in [1.82, 2.24) is 10.1 Å². The first kappa shape index (κ1) is 12.9. The second-order valence-corrected chi connectivity index (χ2v) is 5.72. The SMILES string of the molecule is C=CCO[C@@H]1[C@H]2CC[C@H]1N(Cc1c(C)noc1C)C2. The van der Waals surface area contributed by atoms with Crippen molar-refractivity contribution in [3.8, 4) is 0 Å². The lowest BCUT2D eigenvalue weighted by Gasteiger charge is -2.26. The van der Waals surface area contributed by atoms with Crippen molar-refractivity contribution in [2.45, 2.75) is 45.4 Å². The standard InChI is InChI=1S/C15H22N2O2/c1-4-7-18-15-12-5-6-14(15)17(8-12)9-13-10(2)16-19-11(13)3/h4,12,14-15H,1,5-9H2,2-3H3/t12-,14+,15+/m0/s1. The molecule has 19 heavy (non-hydrogen) atoms. The molecule has 0 aromatic carbocycles. The van der Waals surface area contributed by atoms with Crippen molar-refractivity contribution >= 4 is 0 Å². The van der Waals surface area contributed by atoms with E-state index in [-0.39, 0.29) is 0 Å². The predicted molar refractivity (Wildman–Crippen MR) is 72.8 cm³/mol. The van der Waals surface area contributed by atoms with Gasteiger partial charge < -0.3 is 9.26 Å². The fourth-order valence-corrected chi connectivity index (χ4v) is 3.59. The molecule has 2 bridgehead atoms. The average molecular weight is 262 g/mol. The van der Waals surface area contributed by atoms with Gasteiger partial charge in [-0.2, -0.15) is 0 Å². The molecule has 3 rings (SSSR count). The summed E-state index contributed by atoms with van der Waals surface area (Å²) < 4.78 is 11.2. The third kappa shape index (κ3) is 2.23. The Morgan fingerprint density at radius 1 is 1.47 bits per heavy atom. The Labute approximate surface area is 114 Å². The van der Waals surface area contributed by atoms with Crippen LogP contribution >= 0.6 is 0 Å². The van der Waals surface area contributed by atoms with Gasteiger partial charge in [0.25, 0.3) is 0 Å². The fourth-order valence-electron chi connectivity index (χ4n) is 3.59. The van der Waals surface area contributed by atoms with Crippen LogP contribution in [0.15, 0.2) is 17.2 Å². The number of piperidine rings is 1. The molecule has 1 aromatic heterocycles. The molecule has 0 unspecified atom stereocenters. The minimum Gasteiger partial charge on any atom is -0.372 e. The number of likely N-dealkylation sites (tertiary alicyclic amines) is 1. The van der Waals surface area contributed by atoms with E-state index in [1.165, 1.54) is 18.4 Å². The second-order valence-electron chi connectivity index (χ2n) is 5.72. The zero-order valence-corrected chi connectivity index (χ0v) is 11.8. The van der Waals surface area contributed by atoms with E-state index in [1.54, 1.807) is 0 Å². The third-order valence-corrected chi connectivity index (χ3v) is 4.56. The van der Waals surface area contributed by atoms with E-state index in [9.17, 15) is 0 Å². The topological polar surface area (TPSA) is 38.5 Å². The summed E-state index contributed by atoms with van der Waals surface area (Å²) in [6.45, 7) is 10.5. The Kier molecular flexibility index (Phi) is 3.46. The van der Waals surface area contributed by atoms with Crippen LogP contribution in [0.2, 0.25) is 0 Å². The van der Waals surface area contributed by atoms with Gasteiger partial charge in [-0.15, -0.1) is 6.58 Å². The van der Waals surface area contributed by atoms with E-state index in [4.69, 9.17) is 9.26 Å². The first-order valence-corrected chi connectivity index (χ1v) is 7.09. The Balaban J connectivity index is 1.69. The number of ether oxygens (including phenoxy) is 1. The van der Waals surface area contributed by atoms with Crippen LogP contribution in [0.4, 0.5) is 0 Å². The van der Waals surface area contributed by atoms with Gasteiger partial charge in [0, 0.05) is 24.7 Å². The highest BCUT2D eigenvalue weighted by Crippen LogP contribution is 2.40. The highest BCUT2D eigenvalue weighted by atomic mass is 16.5. The Morgan fingerprint density at radius 2 is 2.32 bits per heavy atom. The van der Waals surface area contributed by atoms with Gasteiger partial charge in [-0.3, -0.25) is 4.90 Å². The normalized spacial score (nSPS) is 30.1. The maximum absolute atomic E-state index is 5.95. The molecule has 1 saturated carbocycles. The van der Waals surface area contributed by atoms with E-state index in [2.05, 4.69) is 16.6 Å². The predicted octanol–water partition coefficient (Wildman–Crippen LogP) is 2.46. The first-order chi connectivity index (χ1) is 9.20. The Hall–Kier alpha value is -1.13. The van der Waals surface area contributed by atoms with Crippen LogP contribution in [0.1, 0.15) is 29.9 Å². The van der Waals surface area contributed by atoms with Crippen LogP contribution in [0.25, 0.3) is 0 Å². The molecular weight excluding hydrogens is 240 g/mol. The van der Waals surface area contributed by atoms with Crippen molar-refractivity contribution in [3.05, 3.63) is 29.7 Å². The fraction of sp³-hybridized carbons (Fsp3) is 0.667. The molecule has 1 saturated heterocycles. The lowest BCUT2D eigenvalue weighted by Crippen LogP contribution is -2.35.